The number of halogens is 2. The maximum atomic E-state index is 3.51. The molecule has 0 radical (unpaired) electrons. The van der Waals surface area contributed by atoms with Crippen molar-refractivity contribution in [3.05, 3.63) is 60.2 Å². The molecule has 3 aromatic carbocycles. The van der Waals surface area contributed by atoms with E-state index in [-0.39, 0.29) is 24.8 Å². The lowest BCUT2D eigenvalue weighted by molar-refractivity contribution is 0.165. The van der Waals surface area contributed by atoms with E-state index in [2.05, 4.69) is 71.7 Å². The van der Waals surface area contributed by atoms with Crippen molar-refractivity contribution in [3.63, 3.8) is 0 Å². The van der Waals surface area contributed by atoms with Crippen molar-refractivity contribution < 1.29 is 0 Å². The maximum absolute atomic E-state index is 3.51. The molecular formula is C23H30Cl2N2. The summed E-state index contributed by atoms with van der Waals surface area (Å²) in [6, 6.07) is 20.7. The van der Waals surface area contributed by atoms with Gasteiger partial charge in [-0.1, -0.05) is 68.3 Å². The van der Waals surface area contributed by atoms with Gasteiger partial charge in [0.05, 0.1) is 0 Å². The third-order valence-electron chi connectivity index (χ3n) is 5.57. The van der Waals surface area contributed by atoms with Gasteiger partial charge in [0.1, 0.15) is 0 Å². The maximum Gasteiger partial charge on any atom is 0.0361 e. The standard InChI is InChI=1S/C23H28N2.2ClH/c1-2-3-12-22(25-15-13-24-14-16-25)23-20-10-6-4-8-18(20)17-19-9-5-7-11-21(19)23;;/h4-11,17,22,24H,2-3,12-16H2,1H3;2*1H/t22-;;/m1../s1. The lowest BCUT2D eigenvalue weighted by atomic mass is 9.89. The molecule has 0 bridgehead atoms. The Morgan fingerprint density at radius 3 is 2.00 bits per heavy atom. The topological polar surface area (TPSA) is 15.3 Å². The monoisotopic (exact) mass is 404 g/mol. The molecule has 1 atom stereocenters. The lowest BCUT2D eigenvalue weighted by Gasteiger charge is -2.36. The SMILES string of the molecule is CCCC[C@H](c1c2ccccc2cc2ccccc12)N1CCNCC1.Cl.Cl. The molecule has 0 aromatic heterocycles. The second-order valence-corrected chi connectivity index (χ2v) is 7.18. The fourth-order valence-electron chi connectivity index (χ4n) is 4.31. The average Bonchev–Trinajstić information content (AvgIpc) is 2.68. The minimum absolute atomic E-state index is 0. The molecule has 0 amide bonds. The van der Waals surface area contributed by atoms with Crippen LogP contribution in [0.3, 0.4) is 0 Å². The number of hydrogen-bond donors (Lipinski definition) is 1. The van der Waals surface area contributed by atoms with Gasteiger partial charge in [0.2, 0.25) is 0 Å². The minimum atomic E-state index is 0. The molecule has 1 aliphatic rings. The Morgan fingerprint density at radius 2 is 1.44 bits per heavy atom. The normalized spacial score (nSPS) is 15.9. The van der Waals surface area contributed by atoms with Gasteiger partial charge in [0.15, 0.2) is 0 Å². The summed E-state index contributed by atoms with van der Waals surface area (Å²) in [6.45, 7) is 6.80. The Hall–Kier alpha value is -1.32. The zero-order chi connectivity index (χ0) is 17.1. The van der Waals surface area contributed by atoms with Crippen LogP contribution >= 0.6 is 24.8 Å². The van der Waals surface area contributed by atoms with E-state index in [1.807, 2.05) is 0 Å². The number of nitrogens with one attached hydrogen (secondary N) is 1. The summed E-state index contributed by atoms with van der Waals surface area (Å²) in [4.78, 5) is 2.71. The van der Waals surface area contributed by atoms with Crippen molar-refractivity contribution in [1.82, 2.24) is 10.2 Å². The van der Waals surface area contributed by atoms with E-state index in [0.29, 0.717) is 6.04 Å². The van der Waals surface area contributed by atoms with E-state index in [9.17, 15) is 0 Å². The molecule has 1 N–H and O–H groups in total. The van der Waals surface area contributed by atoms with E-state index in [1.165, 1.54) is 40.8 Å². The molecule has 3 aromatic rings. The van der Waals surface area contributed by atoms with Gasteiger partial charge >= 0.3 is 0 Å². The highest BCUT2D eigenvalue weighted by atomic mass is 35.5. The second-order valence-electron chi connectivity index (χ2n) is 7.18. The summed E-state index contributed by atoms with van der Waals surface area (Å²) >= 11 is 0. The van der Waals surface area contributed by atoms with E-state index in [1.54, 1.807) is 5.56 Å². The molecule has 146 valence electrons. The van der Waals surface area contributed by atoms with Gasteiger partial charge < -0.3 is 5.32 Å². The zero-order valence-electron chi connectivity index (χ0n) is 16.0. The number of rotatable bonds is 5. The minimum Gasteiger partial charge on any atom is -0.314 e. The first-order chi connectivity index (χ1) is 12.4. The summed E-state index contributed by atoms with van der Waals surface area (Å²) in [5.74, 6) is 0. The van der Waals surface area contributed by atoms with E-state index >= 15 is 0 Å². The second kappa shape index (κ2) is 10.3. The van der Waals surface area contributed by atoms with Crippen LogP contribution < -0.4 is 5.32 Å². The van der Waals surface area contributed by atoms with Crippen molar-refractivity contribution >= 4 is 46.4 Å². The van der Waals surface area contributed by atoms with Crippen LogP contribution in [-0.2, 0) is 0 Å². The van der Waals surface area contributed by atoms with Crippen LogP contribution in [0.25, 0.3) is 21.5 Å². The summed E-state index contributed by atoms with van der Waals surface area (Å²) in [6.07, 6.45) is 3.78. The Kier molecular flexibility index (Phi) is 8.37. The van der Waals surface area contributed by atoms with Crippen LogP contribution in [0.15, 0.2) is 54.6 Å². The third kappa shape index (κ3) is 4.57. The molecule has 0 spiro atoms. The first-order valence-corrected chi connectivity index (χ1v) is 9.73. The molecule has 2 nitrogen and oxygen atoms in total. The molecule has 1 saturated heterocycles. The quantitative estimate of drug-likeness (QED) is 0.526. The Morgan fingerprint density at radius 1 is 0.889 bits per heavy atom. The number of nitrogens with zero attached hydrogens (tertiary/aromatic N) is 1. The third-order valence-corrected chi connectivity index (χ3v) is 5.57. The van der Waals surface area contributed by atoms with Gasteiger partial charge in [-0.05, 0) is 39.6 Å². The van der Waals surface area contributed by atoms with Crippen molar-refractivity contribution in [2.75, 3.05) is 26.2 Å². The smallest absolute Gasteiger partial charge is 0.0361 e. The van der Waals surface area contributed by atoms with Crippen molar-refractivity contribution in [1.29, 1.82) is 0 Å². The van der Waals surface area contributed by atoms with Crippen molar-refractivity contribution in [2.24, 2.45) is 0 Å². The van der Waals surface area contributed by atoms with Crippen LogP contribution in [-0.4, -0.2) is 31.1 Å². The van der Waals surface area contributed by atoms with Crippen molar-refractivity contribution in [3.8, 4) is 0 Å². The molecule has 1 fully saturated rings. The summed E-state index contributed by atoms with van der Waals surface area (Å²) in [5, 5.41) is 9.11. The largest absolute Gasteiger partial charge is 0.314 e. The highest BCUT2D eigenvalue weighted by molar-refractivity contribution is 6.02. The first kappa shape index (κ1) is 22.0. The molecular weight excluding hydrogens is 375 g/mol. The van der Waals surface area contributed by atoms with Gasteiger partial charge in [-0.15, -0.1) is 24.8 Å². The Labute approximate surface area is 175 Å². The fourth-order valence-corrected chi connectivity index (χ4v) is 4.31. The molecule has 1 heterocycles. The van der Waals surface area contributed by atoms with Crippen LogP contribution in [0.5, 0.6) is 0 Å². The van der Waals surface area contributed by atoms with Gasteiger partial charge in [-0.25, -0.2) is 0 Å². The van der Waals surface area contributed by atoms with Crippen LogP contribution in [0.1, 0.15) is 37.8 Å². The number of fused-ring (bicyclic) bond motifs is 2. The highest BCUT2D eigenvalue weighted by Gasteiger charge is 2.25. The van der Waals surface area contributed by atoms with Crippen LogP contribution in [0.4, 0.5) is 0 Å². The summed E-state index contributed by atoms with van der Waals surface area (Å²) < 4.78 is 0. The Bertz CT molecular complexity index is 805. The van der Waals surface area contributed by atoms with Crippen molar-refractivity contribution in [2.45, 2.75) is 32.2 Å². The van der Waals surface area contributed by atoms with E-state index < -0.39 is 0 Å². The van der Waals surface area contributed by atoms with Gasteiger partial charge in [-0.2, -0.15) is 0 Å². The summed E-state index contributed by atoms with van der Waals surface area (Å²) in [7, 11) is 0. The number of hydrogen-bond acceptors (Lipinski definition) is 2. The van der Waals surface area contributed by atoms with Crippen LogP contribution in [0, 0.1) is 0 Å². The average molecular weight is 405 g/mol. The van der Waals surface area contributed by atoms with E-state index in [0.717, 1.165) is 26.2 Å². The Balaban J connectivity index is 0.00000131. The molecule has 1 aliphatic heterocycles. The molecule has 4 rings (SSSR count). The zero-order valence-corrected chi connectivity index (χ0v) is 17.6. The first-order valence-electron chi connectivity index (χ1n) is 9.73. The van der Waals surface area contributed by atoms with E-state index in [4.69, 9.17) is 0 Å². The van der Waals surface area contributed by atoms with Gasteiger partial charge in [-0.3, -0.25) is 4.90 Å². The molecule has 0 aliphatic carbocycles. The molecule has 4 heteroatoms. The fraction of sp³-hybridized carbons (Fsp3) is 0.391. The molecule has 0 unspecified atom stereocenters. The lowest BCUT2D eigenvalue weighted by Crippen LogP contribution is -2.45. The molecule has 27 heavy (non-hydrogen) atoms. The number of unbranched alkanes of at least 4 members (excludes halogenated alkanes) is 1. The number of piperazine rings is 1. The highest BCUT2D eigenvalue weighted by Crippen LogP contribution is 2.38. The summed E-state index contributed by atoms with van der Waals surface area (Å²) in [5.41, 5.74) is 1.55. The predicted octanol–water partition coefficient (Wildman–Crippen LogP) is 5.97. The van der Waals surface area contributed by atoms with Gasteiger partial charge in [0.25, 0.3) is 0 Å². The van der Waals surface area contributed by atoms with Crippen LogP contribution in [0.2, 0.25) is 0 Å². The predicted molar refractivity (Wildman–Crippen MR) is 123 cm³/mol. The van der Waals surface area contributed by atoms with Gasteiger partial charge in [0, 0.05) is 32.2 Å². The number of benzene rings is 3. The molecule has 0 saturated carbocycles.